The van der Waals surface area contributed by atoms with Gasteiger partial charge in [0.15, 0.2) is 0 Å². The van der Waals surface area contributed by atoms with Crippen LogP contribution in [0.5, 0.6) is 5.75 Å². The lowest BCUT2D eigenvalue weighted by atomic mass is 10.0. The maximum Gasteiger partial charge on any atom is 0.119 e. The van der Waals surface area contributed by atoms with E-state index in [9.17, 15) is 0 Å². The van der Waals surface area contributed by atoms with Crippen molar-refractivity contribution in [3.8, 4) is 11.8 Å². The van der Waals surface area contributed by atoms with Gasteiger partial charge in [-0.05, 0) is 49.2 Å². The van der Waals surface area contributed by atoms with Gasteiger partial charge in [-0.15, -0.1) is 0 Å². The lowest BCUT2D eigenvalue weighted by Gasteiger charge is -2.21. The molecule has 2 atom stereocenters. The second-order valence-corrected chi connectivity index (χ2v) is 5.12. The third kappa shape index (κ3) is 3.84. The fourth-order valence-electron chi connectivity index (χ4n) is 2.32. The van der Waals surface area contributed by atoms with Gasteiger partial charge >= 0.3 is 0 Å². The van der Waals surface area contributed by atoms with E-state index >= 15 is 0 Å². The number of benzene rings is 2. The van der Waals surface area contributed by atoms with E-state index < -0.39 is 0 Å². The maximum atomic E-state index is 8.83. The molecule has 3 nitrogen and oxygen atoms in total. The summed E-state index contributed by atoms with van der Waals surface area (Å²) < 4.78 is 5.26. The molecule has 0 aliphatic rings. The minimum atomic E-state index is 0.207. The Kier molecular flexibility index (Phi) is 4.97. The van der Waals surface area contributed by atoms with Crippen LogP contribution >= 0.6 is 0 Å². The highest BCUT2D eigenvalue weighted by Crippen LogP contribution is 2.22. The van der Waals surface area contributed by atoms with Crippen LogP contribution in [0.3, 0.4) is 0 Å². The van der Waals surface area contributed by atoms with Crippen LogP contribution in [0.2, 0.25) is 0 Å². The third-order valence-electron chi connectivity index (χ3n) is 3.63. The first-order valence-electron chi connectivity index (χ1n) is 7.04. The van der Waals surface area contributed by atoms with Gasteiger partial charge in [0, 0.05) is 12.1 Å². The molecule has 0 bridgehead atoms. The first-order valence-corrected chi connectivity index (χ1v) is 7.04. The lowest BCUT2D eigenvalue weighted by molar-refractivity contribution is 0.412. The minimum Gasteiger partial charge on any atom is -0.497 e. The van der Waals surface area contributed by atoms with E-state index in [0.717, 1.165) is 5.75 Å². The SMILES string of the molecule is COc1cccc(C(C)NC(C)c2ccc(C#N)cc2)c1. The molecule has 108 valence electrons. The van der Waals surface area contributed by atoms with Crippen LogP contribution in [-0.2, 0) is 0 Å². The highest BCUT2D eigenvalue weighted by molar-refractivity contribution is 5.33. The highest BCUT2D eigenvalue weighted by atomic mass is 16.5. The summed E-state index contributed by atoms with van der Waals surface area (Å²) in [4.78, 5) is 0. The molecule has 0 spiro atoms. The summed E-state index contributed by atoms with van der Waals surface area (Å²) in [5, 5.41) is 12.4. The summed E-state index contributed by atoms with van der Waals surface area (Å²) in [6.45, 7) is 4.26. The monoisotopic (exact) mass is 280 g/mol. The van der Waals surface area contributed by atoms with Crippen LogP contribution < -0.4 is 10.1 Å². The smallest absolute Gasteiger partial charge is 0.119 e. The van der Waals surface area contributed by atoms with E-state index in [0.29, 0.717) is 5.56 Å². The molecule has 0 saturated heterocycles. The Morgan fingerprint density at radius 2 is 1.67 bits per heavy atom. The Bertz CT molecular complexity index is 628. The molecule has 2 unspecified atom stereocenters. The number of nitriles is 1. The van der Waals surface area contributed by atoms with Crippen molar-refractivity contribution in [1.82, 2.24) is 5.32 Å². The quantitative estimate of drug-likeness (QED) is 0.901. The van der Waals surface area contributed by atoms with Gasteiger partial charge in [0.25, 0.3) is 0 Å². The van der Waals surface area contributed by atoms with Crippen LogP contribution in [0, 0.1) is 11.3 Å². The molecule has 0 fully saturated rings. The number of ether oxygens (including phenoxy) is 1. The Morgan fingerprint density at radius 1 is 1.00 bits per heavy atom. The van der Waals surface area contributed by atoms with E-state index in [4.69, 9.17) is 10.00 Å². The Hall–Kier alpha value is -2.31. The zero-order chi connectivity index (χ0) is 15.2. The minimum absolute atomic E-state index is 0.207. The number of rotatable bonds is 5. The zero-order valence-corrected chi connectivity index (χ0v) is 12.6. The van der Waals surface area contributed by atoms with Crippen molar-refractivity contribution in [3.63, 3.8) is 0 Å². The van der Waals surface area contributed by atoms with Gasteiger partial charge in [0.1, 0.15) is 5.75 Å². The second-order valence-electron chi connectivity index (χ2n) is 5.12. The molecule has 2 rings (SSSR count). The number of hydrogen-bond donors (Lipinski definition) is 1. The number of methoxy groups -OCH3 is 1. The van der Waals surface area contributed by atoms with Crippen LogP contribution in [0.25, 0.3) is 0 Å². The summed E-state index contributed by atoms with van der Waals surface area (Å²) >= 11 is 0. The van der Waals surface area contributed by atoms with Gasteiger partial charge in [0.05, 0.1) is 18.7 Å². The average Bonchev–Trinajstić information content (AvgIpc) is 2.54. The van der Waals surface area contributed by atoms with E-state index in [1.165, 1.54) is 11.1 Å². The van der Waals surface area contributed by atoms with Gasteiger partial charge in [-0.3, -0.25) is 0 Å². The molecule has 0 heterocycles. The maximum absolute atomic E-state index is 8.83. The predicted molar refractivity (Wildman–Crippen MR) is 84.1 cm³/mol. The molecule has 0 aromatic heterocycles. The highest BCUT2D eigenvalue weighted by Gasteiger charge is 2.11. The molecule has 3 heteroatoms. The molecule has 0 radical (unpaired) electrons. The van der Waals surface area contributed by atoms with Crippen molar-refractivity contribution in [2.75, 3.05) is 7.11 Å². The van der Waals surface area contributed by atoms with Gasteiger partial charge in [-0.1, -0.05) is 24.3 Å². The molecular formula is C18H20N2O. The number of nitrogens with one attached hydrogen (secondary N) is 1. The predicted octanol–water partition coefficient (Wildman–Crippen LogP) is 3.98. The summed E-state index contributed by atoms with van der Waals surface area (Å²) in [5.74, 6) is 0.868. The van der Waals surface area contributed by atoms with Crippen molar-refractivity contribution in [1.29, 1.82) is 5.26 Å². The Labute approximate surface area is 126 Å². The molecule has 2 aromatic rings. The van der Waals surface area contributed by atoms with Crippen molar-refractivity contribution in [2.24, 2.45) is 0 Å². The molecule has 21 heavy (non-hydrogen) atoms. The third-order valence-corrected chi connectivity index (χ3v) is 3.63. The fourth-order valence-corrected chi connectivity index (χ4v) is 2.32. The molecule has 1 N–H and O–H groups in total. The standard InChI is InChI=1S/C18H20N2O/c1-13(16-9-7-15(12-19)8-10-16)20-14(2)17-5-4-6-18(11-17)21-3/h4-11,13-14,20H,1-3H3. The largest absolute Gasteiger partial charge is 0.497 e. The van der Waals surface area contributed by atoms with Gasteiger partial charge in [0.2, 0.25) is 0 Å². The Morgan fingerprint density at radius 3 is 2.29 bits per heavy atom. The van der Waals surface area contributed by atoms with E-state index in [-0.39, 0.29) is 12.1 Å². The van der Waals surface area contributed by atoms with E-state index in [1.54, 1.807) is 7.11 Å². The van der Waals surface area contributed by atoms with Crippen molar-refractivity contribution in [3.05, 3.63) is 65.2 Å². The lowest BCUT2D eigenvalue weighted by Crippen LogP contribution is -2.22. The van der Waals surface area contributed by atoms with Crippen molar-refractivity contribution >= 4 is 0 Å². The summed E-state index contributed by atoms with van der Waals surface area (Å²) in [7, 11) is 1.68. The van der Waals surface area contributed by atoms with E-state index in [1.807, 2.05) is 42.5 Å². The first kappa shape index (κ1) is 15.1. The second kappa shape index (κ2) is 6.92. The molecule has 0 aliphatic carbocycles. The normalized spacial score (nSPS) is 13.2. The Balaban J connectivity index is 2.07. The van der Waals surface area contributed by atoms with E-state index in [2.05, 4.69) is 31.3 Å². The average molecular weight is 280 g/mol. The zero-order valence-electron chi connectivity index (χ0n) is 12.6. The molecule has 0 saturated carbocycles. The van der Waals surface area contributed by atoms with Gasteiger partial charge in [-0.2, -0.15) is 5.26 Å². The van der Waals surface area contributed by atoms with Gasteiger partial charge in [-0.25, -0.2) is 0 Å². The fraction of sp³-hybridized carbons (Fsp3) is 0.278. The van der Waals surface area contributed by atoms with Crippen LogP contribution in [0.1, 0.15) is 42.6 Å². The van der Waals surface area contributed by atoms with Crippen LogP contribution in [0.15, 0.2) is 48.5 Å². The van der Waals surface area contributed by atoms with Crippen LogP contribution in [-0.4, -0.2) is 7.11 Å². The summed E-state index contributed by atoms with van der Waals surface area (Å²) in [6, 6.07) is 18.3. The topological polar surface area (TPSA) is 45.0 Å². The van der Waals surface area contributed by atoms with Crippen LogP contribution in [0.4, 0.5) is 0 Å². The molecular weight excluding hydrogens is 260 g/mol. The molecule has 2 aromatic carbocycles. The molecule has 0 amide bonds. The van der Waals surface area contributed by atoms with Crippen molar-refractivity contribution < 1.29 is 4.74 Å². The summed E-state index contributed by atoms with van der Waals surface area (Å²) in [5.41, 5.74) is 3.05. The summed E-state index contributed by atoms with van der Waals surface area (Å²) in [6.07, 6.45) is 0. The number of hydrogen-bond acceptors (Lipinski definition) is 3. The molecule has 0 aliphatic heterocycles. The van der Waals surface area contributed by atoms with Gasteiger partial charge < -0.3 is 10.1 Å². The number of nitrogens with zero attached hydrogens (tertiary/aromatic N) is 1. The van der Waals surface area contributed by atoms with Crippen molar-refractivity contribution in [2.45, 2.75) is 25.9 Å². The first-order chi connectivity index (χ1) is 10.1.